The molecule has 6 nitrogen and oxygen atoms in total. The van der Waals surface area contributed by atoms with Crippen LogP contribution >= 0.6 is 0 Å². The molecule has 3 heterocycles. The number of hydrogen-bond acceptors (Lipinski definition) is 6. The third kappa shape index (κ3) is 2.60. The highest BCUT2D eigenvalue weighted by molar-refractivity contribution is 5.79. The van der Waals surface area contributed by atoms with Gasteiger partial charge in [0.2, 0.25) is 5.95 Å². The molecular weight excluding hydrogens is 309 g/mol. The van der Waals surface area contributed by atoms with Gasteiger partial charge in [0.15, 0.2) is 5.58 Å². The highest BCUT2D eigenvalue weighted by atomic mass is 19.1. The van der Waals surface area contributed by atoms with Gasteiger partial charge in [0.25, 0.3) is 0 Å². The molecule has 0 aliphatic carbocycles. The van der Waals surface area contributed by atoms with Gasteiger partial charge < -0.3 is 9.42 Å². The Bertz CT molecular complexity index is 886. The summed E-state index contributed by atoms with van der Waals surface area (Å²) in [5.74, 6) is 0.676. The molecule has 4 rings (SSSR count). The van der Waals surface area contributed by atoms with Gasteiger partial charge >= 0.3 is 0 Å². The van der Waals surface area contributed by atoms with Gasteiger partial charge in [-0.2, -0.15) is 5.10 Å². The molecule has 0 amide bonds. The molecule has 0 unspecified atom stereocenters. The maximum absolute atomic E-state index is 13.3. The second kappa shape index (κ2) is 5.81. The van der Waals surface area contributed by atoms with E-state index in [0.29, 0.717) is 17.4 Å². The molecule has 0 bridgehead atoms. The normalized spacial score (nSPS) is 16.0. The first kappa shape index (κ1) is 15.0. The zero-order chi connectivity index (χ0) is 16.7. The van der Waals surface area contributed by atoms with Crippen LogP contribution in [0, 0.1) is 19.7 Å². The number of nitrogens with zero attached hydrogens (tertiary/aromatic N) is 5. The fourth-order valence-electron chi connectivity index (χ4n) is 3.16. The lowest BCUT2D eigenvalue weighted by Crippen LogP contribution is -2.34. The number of hydrogen-bond donors (Lipinski definition) is 0. The summed E-state index contributed by atoms with van der Waals surface area (Å²) in [5, 5.41) is 13.4. The van der Waals surface area contributed by atoms with E-state index in [1.165, 1.54) is 12.1 Å². The number of fused-ring (bicyclic) bond motifs is 1. The molecule has 0 N–H and O–H groups in total. The van der Waals surface area contributed by atoms with Crippen molar-refractivity contribution in [2.45, 2.75) is 32.6 Å². The zero-order valence-electron chi connectivity index (χ0n) is 13.7. The molecule has 1 aliphatic rings. The van der Waals surface area contributed by atoms with Crippen LogP contribution in [0.15, 0.2) is 22.7 Å². The number of piperidine rings is 1. The lowest BCUT2D eigenvalue weighted by atomic mass is 9.92. The summed E-state index contributed by atoms with van der Waals surface area (Å²) < 4.78 is 18.6. The smallest absolute Gasteiger partial charge is 0.245 e. The zero-order valence-corrected chi connectivity index (χ0v) is 13.7. The van der Waals surface area contributed by atoms with Gasteiger partial charge in [-0.1, -0.05) is 5.16 Å². The SMILES string of the molecule is Cc1nnc(N2CCC(c3noc4cc(F)ccc34)CC2)nc1C. The first-order valence-electron chi connectivity index (χ1n) is 8.09. The van der Waals surface area contributed by atoms with Crippen molar-refractivity contribution in [3.63, 3.8) is 0 Å². The van der Waals surface area contributed by atoms with E-state index in [4.69, 9.17) is 4.52 Å². The number of aryl methyl sites for hydroxylation is 2. The van der Waals surface area contributed by atoms with Crippen LogP contribution in [0.1, 0.15) is 35.8 Å². The molecule has 0 atom stereocenters. The number of anilines is 1. The molecule has 1 fully saturated rings. The Morgan fingerprint density at radius 1 is 1.12 bits per heavy atom. The average Bonchev–Trinajstić information content (AvgIpc) is 3.00. The van der Waals surface area contributed by atoms with Crippen molar-refractivity contribution in [1.82, 2.24) is 20.3 Å². The Balaban J connectivity index is 1.52. The molecule has 3 aromatic rings. The molecule has 24 heavy (non-hydrogen) atoms. The summed E-state index contributed by atoms with van der Waals surface area (Å²) in [6.45, 7) is 5.53. The van der Waals surface area contributed by atoms with Crippen LogP contribution < -0.4 is 4.90 Å². The minimum atomic E-state index is -0.306. The molecule has 2 aromatic heterocycles. The van der Waals surface area contributed by atoms with Gasteiger partial charge in [-0.25, -0.2) is 9.37 Å². The van der Waals surface area contributed by atoms with Gasteiger partial charge in [0, 0.05) is 30.5 Å². The minimum absolute atomic E-state index is 0.299. The van der Waals surface area contributed by atoms with Gasteiger partial charge in [-0.3, -0.25) is 0 Å². The van der Waals surface area contributed by atoms with Crippen molar-refractivity contribution in [2.24, 2.45) is 0 Å². The first-order valence-corrected chi connectivity index (χ1v) is 8.09. The third-order valence-corrected chi connectivity index (χ3v) is 4.71. The van der Waals surface area contributed by atoms with Crippen LogP contribution in [0.4, 0.5) is 10.3 Å². The highest BCUT2D eigenvalue weighted by Gasteiger charge is 2.26. The van der Waals surface area contributed by atoms with Gasteiger partial charge in [0.05, 0.1) is 17.1 Å². The van der Waals surface area contributed by atoms with E-state index in [2.05, 4.69) is 25.2 Å². The van der Waals surface area contributed by atoms with Crippen molar-refractivity contribution in [3.05, 3.63) is 41.1 Å². The van der Waals surface area contributed by atoms with Crippen LogP contribution in [0.3, 0.4) is 0 Å². The van der Waals surface area contributed by atoms with E-state index in [9.17, 15) is 4.39 Å². The Kier molecular flexibility index (Phi) is 3.63. The minimum Gasteiger partial charge on any atom is -0.356 e. The first-order chi connectivity index (χ1) is 11.6. The number of rotatable bonds is 2. The quantitative estimate of drug-likeness (QED) is 0.720. The molecule has 0 saturated carbocycles. The predicted octanol–water partition coefficient (Wildman–Crippen LogP) is 3.15. The second-order valence-corrected chi connectivity index (χ2v) is 6.25. The summed E-state index contributed by atoms with van der Waals surface area (Å²) in [4.78, 5) is 6.67. The molecule has 1 aromatic carbocycles. The average molecular weight is 327 g/mol. The molecule has 124 valence electrons. The maximum atomic E-state index is 13.3. The molecule has 7 heteroatoms. The summed E-state index contributed by atoms with van der Waals surface area (Å²) in [6, 6.07) is 4.58. The Labute approximate surface area is 138 Å². The summed E-state index contributed by atoms with van der Waals surface area (Å²) >= 11 is 0. The van der Waals surface area contributed by atoms with Crippen LogP contribution in [-0.4, -0.2) is 33.4 Å². The van der Waals surface area contributed by atoms with Crippen molar-refractivity contribution in [1.29, 1.82) is 0 Å². The fourth-order valence-corrected chi connectivity index (χ4v) is 3.16. The standard InChI is InChI=1S/C17H18FN5O/c1-10-11(2)20-21-17(19-10)23-7-5-12(6-8-23)16-14-4-3-13(18)9-15(14)24-22-16/h3-4,9,12H,5-8H2,1-2H3. The second-order valence-electron chi connectivity index (χ2n) is 6.25. The van der Waals surface area contributed by atoms with E-state index < -0.39 is 0 Å². The van der Waals surface area contributed by atoms with E-state index in [1.54, 1.807) is 6.07 Å². The van der Waals surface area contributed by atoms with Crippen molar-refractivity contribution in [2.75, 3.05) is 18.0 Å². The highest BCUT2D eigenvalue weighted by Crippen LogP contribution is 2.33. The van der Waals surface area contributed by atoms with Crippen molar-refractivity contribution >= 4 is 16.9 Å². The summed E-state index contributed by atoms with van der Waals surface area (Å²) in [6.07, 6.45) is 1.85. The molecule has 1 saturated heterocycles. The van der Waals surface area contributed by atoms with E-state index >= 15 is 0 Å². The molecular formula is C17H18FN5O. The lowest BCUT2D eigenvalue weighted by Gasteiger charge is -2.31. The van der Waals surface area contributed by atoms with Gasteiger partial charge in [-0.05, 0) is 38.8 Å². The third-order valence-electron chi connectivity index (χ3n) is 4.71. The lowest BCUT2D eigenvalue weighted by molar-refractivity contribution is 0.415. The van der Waals surface area contributed by atoms with Crippen molar-refractivity contribution in [3.8, 4) is 0 Å². The maximum Gasteiger partial charge on any atom is 0.245 e. The summed E-state index contributed by atoms with van der Waals surface area (Å²) in [5.41, 5.74) is 3.19. The van der Waals surface area contributed by atoms with E-state index in [-0.39, 0.29) is 5.82 Å². The molecule has 1 aliphatic heterocycles. The predicted molar refractivity (Wildman–Crippen MR) is 87.5 cm³/mol. The van der Waals surface area contributed by atoms with E-state index in [1.807, 2.05) is 13.8 Å². The van der Waals surface area contributed by atoms with Crippen LogP contribution in [-0.2, 0) is 0 Å². The van der Waals surface area contributed by atoms with Gasteiger partial charge in [0.1, 0.15) is 5.82 Å². The van der Waals surface area contributed by atoms with E-state index in [0.717, 1.165) is 48.4 Å². The monoisotopic (exact) mass is 327 g/mol. The molecule has 0 spiro atoms. The Morgan fingerprint density at radius 2 is 1.92 bits per heavy atom. The topological polar surface area (TPSA) is 67.9 Å². The Hall–Kier alpha value is -2.57. The van der Waals surface area contributed by atoms with Crippen LogP contribution in [0.2, 0.25) is 0 Å². The van der Waals surface area contributed by atoms with Crippen LogP contribution in [0.25, 0.3) is 11.0 Å². The largest absolute Gasteiger partial charge is 0.356 e. The number of halogens is 1. The van der Waals surface area contributed by atoms with Gasteiger partial charge in [-0.15, -0.1) is 5.10 Å². The number of aromatic nitrogens is 4. The fraction of sp³-hybridized carbons (Fsp3) is 0.412. The Morgan fingerprint density at radius 3 is 2.67 bits per heavy atom. The molecule has 0 radical (unpaired) electrons. The number of benzene rings is 1. The summed E-state index contributed by atoms with van der Waals surface area (Å²) in [7, 11) is 0. The van der Waals surface area contributed by atoms with Crippen molar-refractivity contribution < 1.29 is 8.91 Å². The van der Waals surface area contributed by atoms with Crippen LogP contribution in [0.5, 0.6) is 0 Å².